The molecule has 3 heterocycles. The molecule has 1 N–H and O–H groups in total. The van der Waals surface area contributed by atoms with Crippen LogP contribution >= 0.6 is 0 Å². The molecule has 4 rings (SSSR count). The predicted octanol–water partition coefficient (Wildman–Crippen LogP) is 2.47. The molecule has 0 saturated heterocycles. The number of hydrogen-bond acceptors (Lipinski definition) is 5. The van der Waals surface area contributed by atoms with Crippen LogP contribution in [0.2, 0.25) is 0 Å². The van der Waals surface area contributed by atoms with Gasteiger partial charge in [-0.2, -0.15) is 10.2 Å². The second-order valence-corrected chi connectivity index (χ2v) is 7.42. The molecule has 0 aromatic carbocycles. The van der Waals surface area contributed by atoms with Crippen molar-refractivity contribution in [3.8, 4) is 12.3 Å². The van der Waals surface area contributed by atoms with E-state index in [0.717, 1.165) is 56.7 Å². The van der Waals surface area contributed by atoms with Gasteiger partial charge in [-0.05, 0) is 32.1 Å². The molecular formula is C18H24N6O. The minimum Gasteiger partial charge on any atom is -0.343 e. The van der Waals surface area contributed by atoms with Gasteiger partial charge < -0.3 is 9.88 Å². The average Bonchev–Trinajstić information content (AvgIpc) is 3.24. The highest BCUT2D eigenvalue weighted by Gasteiger charge is 2.46. The van der Waals surface area contributed by atoms with Gasteiger partial charge in [0.1, 0.15) is 5.82 Å². The van der Waals surface area contributed by atoms with Gasteiger partial charge in [0.15, 0.2) is 11.5 Å². The van der Waals surface area contributed by atoms with Crippen LogP contribution in [0.25, 0.3) is 0 Å². The molecule has 1 fully saturated rings. The first-order valence-corrected chi connectivity index (χ1v) is 9.28. The summed E-state index contributed by atoms with van der Waals surface area (Å²) >= 11 is 0. The van der Waals surface area contributed by atoms with E-state index in [4.69, 9.17) is 6.42 Å². The Kier molecular flexibility index (Phi) is 4.06. The number of hydrogen-bond donors (Lipinski definition) is 1. The Morgan fingerprint density at radius 3 is 2.72 bits per heavy atom. The SMILES string of the molecule is C#CCCC1(CCC(=O)NC2(c3nnc4n3CCCC4)CCC2)N=N1. The normalized spacial score (nSPS) is 21.7. The Morgan fingerprint density at radius 2 is 2.04 bits per heavy atom. The van der Waals surface area contributed by atoms with Gasteiger partial charge in [0.2, 0.25) is 5.91 Å². The fraction of sp³-hybridized carbons (Fsp3) is 0.722. The monoisotopic (exact) mass is 340 g/mol. The molecule has 25 heavy (non-hydrogen) atoms. The van der Waals surface area contributed by atoms with Crippen LogP contribution in [0.3, 0.4) is 0 Å². The van der Waals surface area contributed by atoms with E-state index in [1.54, 1.807) is 0 Å². The maximum Gasteiger partial charge on any atom is 0.220 e. The predicted molar refractivity (Wildman–Crippen MR) is 91.5 cm³/mol. The van der Waals surface area contributed by atoms with Crippen molar-refractivity contribution in [2.75, 3.05) is 0 Å². The molecule has 1 aromatic heterocycles. The van der Waals surface area contributed by atoms with E-state index in [0.29, 0.717) is 19.3 Å². The van der Waals surface area contributed by atoms with Crippen LogP contribution in [0.1, 0.15) is 69.4 Å². The summed E-state index contributed by atoms with van der Waals surface area (Å²) in [5, 5.41) is 20.3. The first-order chi connectivity index (χ1) is 12.2. The van der Waals surface area contributed by atoms with Crippen LogP contribution in [-0.2, 0) is 23.3 Å². The number of rotatable bonds is 7. The van der Waals surface area contributed by atoms with Gasteiger partial charge in [-0.3, -0.25) is 4.79 Å². The summed E-state index contributed by atoms with van der Waals surface area (Å²) in [5.74, 6) is 4.67. The molecule has 7 heteroatoms. The molecular weight excluding hydrogens is 316 g/mol. The fourth-order valence-corrected chi connectivity index (χ4v) is 3.91. The first kappa shape index (κ1) is 16.2. The van der Waals surface area contributed by atoms with E-state index < -0.39 is 5.66 Å². The van der Waals surface area contributed by atoms with E-state index in [2.05, 4.69) is 36.2 Å². The van der Waals surface area contributed by atoms with Crippen molar-refractivity contribution in [2.24, 2.45) is 10.2 Å². The molecule has 1 amide bonds. The molecule has 1 saturated carbocycles. The summed E-state index contributed by atoms with van der Waals surface area (Å²) in [6, 6.07) is 0. The summed E-state index contributed by atoms with van der Waals surface area (Å²) in [4.78, 5) is 12.6. The van der Waals surface area contributed by atoms with Crippen molar-refractivity contribution < 1.29 is 4.79 Å². The third kappa shape index (κ3) is 3.06. The third-order valence-corrected chi connectivity index (χ3v) is 5.68. The molecule has 0 unspecified atom stereocenters. The molecule has 0 atom stereocenters. The summed E-state index contributed by atoms with van der Waals surface area (Å²) < 4.78 is 2.23. The van der Waals surface area contributed by atoms with Gasteiger partial charge in [-0.1, -0.05) is 0 Å². The van der Waals surface area contributed by atoms with Crippen molar-refractivity contribution in [3.05, 3.63) is 11.6 Å². The van der Waals surface area contributed by atoms with Gasteiger partial charge in [-0.25, -0.2) is 0 Å². The van der Waals surface area contributed by atoms with Gasteiger partial charge in [0.25, 0.3) is 0 Å². The van der Waals surface area contributed by atoms with E-state index in [1.165, 1.54) is 6.42 Å². The lowest BCUT2D eigenvalue weighted by atomic mass is 9.75. The molecule has 3 aliphatic rings. The number of fused-ring (bicyclic) bond motifs is 1. The first-order valence-electron chi connectivity index (χ1n) is 9.28. The van der Waals surface area contributed by atoms with Crippen molar-refractivity contribution in [2.45, 2.75) is 82.0 Å². The Hall–Kier alpha value is -2.23. The molecule has 0 spiro atoms. The zero-order valence-electron chi connectivity index (χ0n) is 14.5. The standard InChI is InChI=1S/C18H24N6O/c1-2-3-11-18(22-23-18)12-8-15(25)19-17(9-6-10-17)16-21-20-14-7-4-5-13-24(14)16/h1H,3-13H2,(H,19,25). The molecule has 0 bridgehead atoms. The number of nitrogens with one attached hydrogen (secondary N) is 1. The Balaban J connectivity index is 1.39. The topological polar surface area (TPSA) is 84.5 Å². The smallest absolute Gasteiger partial charge is 0.220 e. The minimum atomic E-state index is -0.398. The van der Waals surface area contributed by atoms with Crippen molar-refractivity contribution in [3.63, 3.8) is 0 Å². The lowest BCUT2D eigenvalue weighted by molar-refractivity contribution is -0.124. The van der Waals surface area contributed by atoms with E-state index in [-0.39, 0.29) is 11.4 Å². The lowest BCUT2D eigenvalue weighted by Crippen LogP contribution is -2.52. The number of carbonyl (C=O) groups excluding carboxylic acids is 1. The highest BCUT2D eigenvalue weighted by molar-refractivity contribution is 5.77. The van der Waals surface area contributed by atoms with Gasteiger partial charge in [0.05, 0.1) is 5.54 Å². The summed E-state index contributed by atoms with van der Waals surface area (Å²) in [7, 11) is 0. The molecule has 7 nitrogen and oxygen atoms in total. The fourth-order valence-electron chi connectivity index (χ4n) is 3.91. The highest BCUT2D eigenvalue weighted by Crippen LogP contribution is 2.42. The largest absolute Gasteiger partial charge is 0.343 e. The Bertz CT molecular complexity index is 733. The summed E-state index contributed by atoms with van der Waals surface area (Å²) in [6.45, 7) is 0.961. The average molecular weight is 340 g/mol. The van der Waals surface area contributed by atoms with Crippen LogP contribution in [0.5, 0.6) is 0 Å². The van der Waals surface area contributed by atoms with Crippen LogP contribution in [0, 0.1) is 12.3 Å². The Labute approximate surface area is 147 Å². The maximum atomic E-state index is 12.6. The Morgan fingerprint density at radius 1 is 1.20 bits per heavy atom. The van der Waals surface area contributed by atoms with Gasteiger partial charge in [0, 0.05) is 38.6 Å². The zero-order valence-corrected chi connectivity index (χ0v) is 14.5. The third-order valence-electron chi connectivity index (χ3n) is 5.68. The summed E-state index contributed by atoms with van der Waals surface area (Å²) in [6.07, 6.45) is 14.0. The lowest BCUT2D eigenvalue weighted by Gasteiger charge is -2.42. The second kappa shape index (κ2) is 6.25. The number of aryl methyl sites for hydroxylation is 1. The minimum absolute atomic E-state index is 0.0465. The number of terminal acetylenes is 1. The number of aromatic nitrogens is 3. The van der Waals surface area contributed by atoms with Crippen LogP contribution in [0.4, 0.5) is 0 Å². The van der Waals surface area contributed by atoms with Crippen LogP contribution < -0.4 is 5.32 Å². The molecule has 2 aliphatic heterocycles. The van der Waals surface area contributed by atoms with Crippen molar-refractivity contribution in [1.29, 1.82) is 0 Å². The highest BCUT2D eigenvalue weighted by atomic mass is 16.1. The molecule has 1 aromatic rings. The second-order valence-electron chi connectivity index (χ2n) is 7.42. The summed E-state index contributed by atoms with van der Waals surface area (Å²) in [5.41, 5.74) is -0.728. The molecule has 0 radical (unpaired) electrons. The van der Waals surface area contributed by atoms with E-state index in [1.807, 2.05) is 0 Å². The number of nitrogens with zero attached hydrogens (tertiary/aromatic N) is 5. The number of amides is 1. The zero-order chi connectivity index (χ0) is 17.3. The van der Waals surface area contributed by atoms with Crippen LogP contribution in [0.15, 0.2) is 10.2 Å². The van der Waals surface area contributed by atoms with E-state index >= 15 is 0 Å². The molecule has 132 valence electrons. The van der Waals surface area contributed by atoms with Crippen LogP contribution in [-0.4, -0.2) is 26.3 Å². The maximum absolute atomic E-state index is 12.6. The van der Waals surface area contributed by atoms with Crippen molar-refractivity contribution >= 4 is 5.91 Å². The van der Waals surface area contributed by atoms with Gasteiger partial charge >= 0.3 is 0 Å². The molecule has 1 aliphatic carbocycles. The van der Waals surface area contributed by atoms with Gasteiger partial charge in [-0.15, -0.1) is 22.5 Å². The quantitative estimate of drug-likeness (QED) is 0.774. The number of carbonyl (C=O) groups is 1. The van der Waals surface area contributed by atoms with E-state index in [9.17, 15) is 4.79 Å². The van der Waals surface area contributed by atoms with Crippen molar-refractivity contribution in [1.82, 2.24) is 20.1 Å².